The number of hydrogen-bond acceptors (Lipinski definition) is 6. The van der Waals surface area contributed by atoms with Crippen LogP contribution in [0.25, 0.3) is 11.1 Å². The number of benzene rings is 2. The third-order valence-corrected chi connectivity index (χ3v) is 5.08. The average molecular weight is 483 g/mol. The molecule has 0 saturated heterocycles. The zero-order chi connectivity index (χ0) is 25.3. The summed E-state index contributed by atoms with van der Waals surface area (Å²) in [5.41, 5.74) is 2.07. The number of fused-ring (bicyclic) bond motifs is 1. The molecule has 186 valence electrons. The van der Waals surface area contributed by atoms with Gasteiger partial charge in [0.1, 0.15) is 23.2 Å². The number of amides is 1. The summed E-state index contributed by atoms with van der Waals surface area (Å²) in [4.78, 5) is 12.2. The molecule has 34 heavy (non-hydrogen) atoms. The SMILES string of the molecule is CC(O)C(O)c1c(CNC(=O)OC(C)(C)C)cc(-c2ccc(OC(F)(F)F)cc2)c2c1CCO2. The Morgan fingerprint density at radius 1 is 1.18 bits per heavy atom. The topological polar surface area (TPSA) is 97.3 Å². The van der Waals surface area contributed by atoms with Crippen LogP contribution in [0.4, 0.5) is 18.0 Å². The second-order valence-corrected chi connectivity index (χ2v) is 9.02. The molecule has 0 radical (unpaired) electrons. The summed E-state index contributed by atoms with van der Waals surface area (Å²) in [6.45, 7) is 6.96. The van der Waals surface area contributed by atoms with Crippen molar-refractivity contribution in [1.82, 2.24) is 5.32 Å². The van der Waals surface area contributed by atoms with E-state index in [0.29, 0.717) is 46.6 Å². The molecule has 0 aliphatic carbocycles. The highest BCUT2D eigenvalue weighted by Gasteiger charge is 2.32. The summed E-state index contributed by atoms with van der Waals surface area (Å²) in [6, 6.07) is 7.01. The van der Waals surface area contributed by atoms with Crippen molar-refractivity contribution in [3.63, 3.8) is 0 Å². The van der Waals surface area contributed by atoms with Crippen molar-refractivity contribution < 1.29 is 42.4 Å². The van der Waals surface area contributed by atoms with Crippen molar-refractivity contribution in [1.29, 1.82) is 0 Å². The molecule has 0 spiro atoms. The molecule has 1 aliphatic heterocycles. The Kier molecular flexibility index (Phi) is 7.32. The minimum absolute atomic E-state index is 0.0103. The quantitative estimate of drug-likeness (QED) is 0.555. The Balaban J connectivity index is 2.02. The van der Waals surface area contributed by atoms with Crippen LogP contribution in [0, 0.1) is 0 Å². The van der Waals surface area contributed by atoms with Crippen LogP contribution >= 0.6 is 0 Å². The van der Waals surface area contributed by atoms with Crippen LogP contribution in [0.2, 0.25) is 0 Å². The molecule has 3 rings (SSSR count). The Morgan fingerprint density at radius 3 is 2.38 bits per heavy atom. The van der Waals surface area contributed by atoms with Crippen LogP contribution in [0.3, 0.4) is 0 Å². The summed E-state index contributed by atoms with van der Waals surface area (Å²) in [5, 5.41) is 23.4. The predicted molar refractivity (Wildman–Crippen MR) is 117 cm³/mol. The van der Waals surface area contributed by atoms with Gasteiger partial charge in [0.2, 0.25) is 0 Å². The van der Waals surface area contributed by atoms with Gasteiger partial charge in [-0.25, -0.2) is 4.79 Å². The number of halogens is 3. The molecule has 2 aromatic rings. The maximum absolute atomic E-state index is 12.5. The molecule has 0 fully saturated rings. The number of alkyl carbamates (subject to hydrolysis) is 1. The van der Waals surface area contributed by atoms with Crippen molar-refractivity contribution in [2.75, 3.05) is 6.61 Å². The minimum atomic E-state index is -4.80. The lowest BCUT2D eigenvalue weighted by atomic mass is 9.88. The molecular weight excluding hydrogens is 455 g/mol. The lowest BCUT2D eigenvalue weighted by Crippen LogP contribution is -2.32. The second-order valence-electron chi connectivity index (χ2n) is 9.02. The van der Waals surface area contributed by atoms with Gasteiger partial charge < -0.3 is 29.7 Å². The van der Waals surface area contributed by atoms with Gasteiger partial charge in [0.25, 0.3) is 0 Å². The van der Waals surface area contributed by atoms with E-state index < -0.39 is 30.3 Å². The van der Waals surface area contributed by atoms with Crippen LogP contribution < -0.4 is 14.8 Å². The van der Waals surface area contributed by atoms with Crippen LogP contribution in [-0.4, -0.2) is 41.0 Å². The molecule has 3 N–H and O–H groups in total. The number of aliphatic hydroxyl groups excluding tert-OH is 2. The first-order chi connectivity index (χ1) is 15.7. The van der Waals surface area contributed by atoms with E-state index in [1.807, 2.05) is 0 Å². The highest BCUT2D eigenvalue weighted by Crippen LogP contribution is 2.43. The first-order valence-electron chi connectivity index (χ1n) is 10.8. The Morgan fingerprint density at radius 2 is 1.82 bits per heavy atom. The van der Waals surface area contributed by atoms with Crippen LogP contribution in [-0.2, 0) is 17.7 Å². The average Bonchev–Trinajstić information content (AvgIpc) is 3.18. The molecule has 2 aromatic carbocycles. The number of aliphatic hydroxyl groups is 2. The molecular formula is C24H28F3NO6. The van der Waals surface area contributed by atoms with E-state index in [1.165, 1.54) is 31.2 Å². The highest BCUT2D eigenvalue weighted by atomic mass is 19.4. The molecule has 10 heteroatoms. The van der Waals surface area contributed by atoms with Crippen molar-refractivity contribution in [2.45, 2.75) is 64.8 Å². The number of rotatable bonds is 6. The summed E-state index contributed by atoms with van der Waals surface area (Å²) in [6.07, 6.45) is -7.32. The lowest BCUT2D eigenvalue weighted by Gasteiger charge is -2.24. The molecule has 0 aromatic heterocycles. The molecule has 1 heterocycles. The number of carbonyl (C=O) groups is 1. The molecule has 0 bridgehead atoms. The largest absolute Gasteiger partial charge is 0.573 e. The zero-order valence-corrected chi connectivity index (χ0v) is 19.3. The van der Waals surface area contributed by atoms with Gasteiger partial charge in [-0.1, -0.05) is 12.1 Å². The van der Waals surface area contributed by atoms with Gasteiger partial charge in [-0.2, -0.15) is 0 Å². The van der Waals surface area contributed by atoms with Gasteiger partial charge in [-0.3, -0.25) is 0 Å². The second kappa shape index (κ2) is 9.71. The summed E-state index contributed by atoms with van der Waals surface area (Å²) >= 11 is 0. The van der Waals surface area contributed by atoms with Crippen molar-refractivity contribution >= 4 is 6.09 Å². The van der Waals surface area contributed by atoms with E-state index in [4.69, 9.17) is 9.47 Å². The maximum atomic E-state index is 12.5. The van der Waals surface area contributed by atoms with E-state index in [-0.39, 0.29) is 12.3 Å². The molecule has 2 atom stereocenters. The summed E-state index contributed by atoms with van der Waals surface area (Å²) in [5.74, 6) is 0.113. The number of hydrogen-bond donors (Lipinski definition) is 3. The third kappa shape index (κ3) is 6.32. The fourth-order valence-corrected chi connectivity index (χ4v) is 3.75. The number of ether oxygens (including phenoxy) is 3. The molecule has 1 amide bonds. The normalized spacial score (nSPS) is 15.2. The van der Waals surface area contributed by atoms with Gasteiger partial charge in [0.05, 0.1) is 12.7 Å². The Labute approximate surface area is 195 Å². The smallest absolute Gasteiger partial charge is 0.492 e. The van der Waals surface area contributed by atoms with Crippen LogP contribution in [0.1, 0.15) is 50.5 Å². The molecule has 0 saturated carbocycles. The summed E-state index contributed by atoms with van der Waals surface area (Å²) < 4.78 is 52.5. The van der Waals surface area contributed by atoms with E-state index in [1.54, 1.807) is 26.8 Å². The Bertz CT molecular complexity index is 1030. The van der Waals surface area contributed by atoms with Gasteiger partial charge in [-0.05, 0) is 62.6 Å². The van der Waals surface area contributed by atoms with E-state index in [9.17, 15) is 28.2 Å². The Hall–Kier alpha value is -2.98. The molecule has 2 unspecified atom stereocenters. The highest BCUT2D eigenvalue weighted by molar-refractivity contribution is 5.76. The third-order valence-electron chi connectivity index (χ3n) is 5.08. The van der Waals surface area contributed by atoms with Crippen molar-refractivity contribution in [3.05, 3.63) is 47.0 Å². The predicted octanol–water partition coefficient (Wildman–Crippen LogP) is 4.63. The van der Waals surface area contributed by atoms with Gasteiger partial charge >= 0.3 is 12.5 Å². The number of nitrogens with one attached hydrogen (secondary N) is 1. The maximum Gasteiger partial charge on any atom is 0.573 e. The number of carbonyl (C=O) groups excluding carboxylic acids is 1. The van der Waals surface area contributed by atoms with Gasteiger partial charge in [0, 0.05) is 24.1 Å². The van der Waals surface area contributed by atoms with Crippen LogP contribution in [0.5, 0.6) is 11.5 Å². The van der Waals surface area contributed by atoms with E-state index >= 15 is 0 Å². The minimum Gasteiger partial charge on any atom is -0.492 e. The van der Waals surface area contributed by atoms with Crippen molar-refractivity contribution in [3.8, 4) is 22.6 Å². The number of alkyl halides is 3. The monoisotopic (exact) mass is 483 g/mol. The standard InChI is InChI=1S/C24H28F3NO6/c1-13(29)20(30)19-15(12-28-22(31)34-23(2,3)4)11-18(21-17(19)9-10-32-21)14-5-7-16(8-6-14)33-24(25,26)27/h5-8,11,13,20,29-30H,9-10,12H2,1-4H3,(H,28,31). The molecule has 7 nitrogen and oxygen atoms in total. The zero-order valence-electron chi connectivity index (χ0n) is 19.3. The van der Waals surface area contributed by atoms with Gasteiger partial charge in [0.15, 0.2) is 0 Å². The van der Waals surface area contributed by atoms with Gasteiger partial charge in [-0.15, -0.1) is 13.2 Å². The van der Waals surface area contributed by atoms with Crippen molar-refractivity contribution in [2.24, 2.45) is 0 Å². The lowest BCUT2D eigenvalue weighted by molar-refractivity contribution is -0.274. The first-order valence-corrected chi connectivity index (χ1v) is 10.8. The fraction of sp³-hybridized carbons (Fsp3) is 0.458. The summed E-state index contributed by atoms with van der Waals surface area (Å²) in [7, 11) is 0. The van der Waals surface area contributed by atoms with E-state index in [2.05, 4.69) is 10.1 Å². The van der Waals surface area contributed by atoms with Crippen LogP contribution in [0.15, 0.2) is 30.3 Å². The van der Waals surface area contributed by atoms with E-state index in [0.717, 1.165) is 0 Å². The first kappa shape index (κ1) is 25.6. The molecule has 1 aliphatic rings. The fourth-order valence-electron chi connectivity index (χ4n) is 3.75.